The van der Waals surface area contributed by atoms with Gasteiger partial charge in [-0.25, -0.2) is 0 Å². The van der Waals surface area contributed by atoms with E-state index in [1.165, 1.54) is 12.5 Å². The van der Waals surface area contributed by atoms with Gasteiger partial charge in [0.2, 0.25) is 0 Å². The molecule has 0 amide bonds. The van der Waals surface area contributed by atoms with Crippen LogP contribution in [0, 0.1) is 0 Å². The standard InChI is InChI=1S/C14H22O2/c1-5-8-12(3)10-7-11-14(9-6-2)16-13(4)15/h5-6,8-10,14H,7,11H2,1-4H3. The van der Waals surface area contributed by atoms with Crippen molar-refractivity contribution in [3.63, 3.8) is 0 Å². The molecule has 0 aromatic carbocycles. The largest absolute Gasteiger partial charge is 0.458 e. The predicted molar refractivity (Wildman–Crippen MR) is 68.2 cm³/mol. The monoisotopic (exact) mass is 222 g/mol. The molecule has 0 aliphatic carbocycles. The molecule has 0 bridgehead atoms. The van der Waals surface area contributed by atoms with Crippen LogP contribution in [0.25, 0.3) is 0 Å². The van der Waals surface area contributed by atoms with Crippen molar-refractivity contribution in [1.82, 2.24) is 0 Å². The quantitative estimate of drug-likeness (QED) is 0.388. The lowest BCUT2D eigenvalue weighted by Crippen LogP contribution is -2.13. The fourth-order valence-electron chi connectivity index (χ4n) is 1.43. The molecule has 0 fully saturated rings. The van der Waals surface area contributed by atoms with E-state index < -0.39 is 0 Å². The van der Waals surface area contributed by atoms with E-state index in [2.05, 4.69) is 19.1 Å². The van der Waals surface area contributed by atoms with E-state index in [0.717, 1.165) is 12.8 Å². The Labute approximate surface area is 98.7 Å². The third-order valence-corrected chi connectivity index (χ3v) is 2.07. The van der Waals surface area contributed by atoms with Crippen molar-refractivity contribution < 1.29 is 9.53 Å². The van der Waals surface area contributed by atoms with Gasteiger partial charge in [-0.2, -0.15) is 0 Å². The van der Waals surface area contributed by atoms with Crippen LogP contribution in [-0.4, -0.2) is 12.1 Å². The molecular weight excluding hydrogens is 200 g/mol. The highest BCUT2D eigenvalue weighted by molar-refractivity contribution is 5.66. The van der Waals surface area contributed by atoms with Crippen molar-refractivity contribution in [2.24, 2.45) is 0 Å². The summed E-state index contributed by atoms with van der Waals surface area (Å²) in [5.74, 6) is -0.225. The zero-order valence-corrected chi connectivity index (χ0v) is 10.7. The molecule has 0 saturated carbocycles. The van der Waals surface area contributed by atoms with Crippen molar-refractivity contribution >= 4 is 5.97 Å². The van der Waals surface area contributed by atoms with Crippen LogP contribution in [-0.2, 0) is 9.53 Å². The number of carbonyl (C=O) groups is 1. The smallest absolute Gasteiger partial charge is 0.303 e. The first-order valence-corrected chi connectivity index (χ1v) is 5.69. The molecule has 2 heteroatoms. The first-order chi connectivity index (χ1) is 7.60. The van der Waals surface area contributed by atoms with E-state index >= 15 is 0 Å². The highest BCUT2D eigenvalue weighted by atomic mass is 16.5. The fourth-order valence-corrected chi connectivity index (χ4v) is 1.43. The number of allylic oxidation sites excluding steroid dienone is 5. The first-order valence-electron chi connectivity index (χ1n) is 5.69. The maximum Gasteiger partial charge on any atom is 0.303 e. The van der Waals surface area contributed by atoms with Gasteiger partial charge in [0, 0.05) is 6.92 Å². The van der Waals surface area contributed by atoms with Crippen LogP contribution in [0.15, 0.2) is 36.0 Å². The zero-order valence-electron chi connectivity index (χ0n) is 10.7. The van der Waals surface area contributed by atoms with E-state index in [1.807, 2.05) is 32.1 Å². The Kier molecular flexibility index (Phi) is 8.22. The van der Waals surface area contributed by atoms with Crippen LogP contribution in [0.1, 0.15) is 40.5 Å². The second-order valence-corrected chi connectivity index (χ2v) is 3.70. The number of esters is 1. The molecule has 0 spiro atoms. The lowest BCUT2D eigenvalue weighted by Gasteiger charge is -2.11. The first kappa shape index (κ1) is 14.7. The molecular formula is C14H22O2. The summed E-state index contributed by atoms with van der Waals surface area (Å²) in [5.41, 5.74) is 1.24. The summed E-state index contributed by atoms with van der Waals surface area (Å²) in [5, 5.41) is 0. The number of rotatable bonds is 6. The third-order valence-electron chi connectivity index (χ3n) is 2.07. The van der Waals surface area contributed by atoms with E-state index in [1.54, 1.807) is 0 Å². The van der Waals surface area contributed by atoms with E-state index in [-0.39, 0.29) is 12.1 Å². The molecule has 0 aliphatic heterocycles. The minimum absolute atomic E-state index is 0.0999. The van der Waals surface area contributed by atoms with Crippen LogP contribution in [0.5, 0.6) is 0 Å². The van der Waals surface area contributed by atoms with Gasteiger partial charge < -0.3 is 4.74 Å². The third kappa shape index (κ3) is 8.04. The molecule has 0 aromatic heterocycles. The SMILES string of the molecule is CC=CC(C)=CCCC(C=CC)OC(C)=O. The number of carbonyl (C=O) groups excluding carboxylic acids is 1. The predicted octanol–water partition coefficient (Wildman–Crippen LogP) is 3.80. The van der Waals surface area contributed by atoms with Crippen molar-refractivity contribution in [2.75, 3.05) is 0 Å². The molecule has 0 radical (unpaired) electrons. The van der Waals surface area contributed by atoms with Crippen molar-refractivity contribution in [1.29, 1.82) is 0 Å². The van der Waals surface area contributed by atoms with E-state index in [4.69, 9.17) is 4.74 Å². The maximum atomic E-state index is 10.8. The highest BCUT2D eigenvalue weighted by Crippen LogP contribution is 2.08. The van der Waals surface area contributed by atoms with Crippen LogP contribution in [0.3, 0.4) is 0 Å². The Balaban J connectivity index is 4.11. The molecule has 0 N–H and O–H groups in total. The average Bonchev–Trinajstić information content (AvgIpc) is 2.17. The molecule has 0 rings (SSSR count). The van der Waals surface area contributed by atoms with Crippen molar-refractivity contribution in [3.05, 3.63) is 36.0 Å². The number of hydrogen-bond acceptors (Lipinski definition) is 2. The Morgan fingerprint density at radius 3 is 2.44 bits per heavy atom. The lowest BCUT2D eigenvalue weighted by atomic mass is 10.1. The van der Waals surface area contributed by atoms with Gasteiger partial charge in [0.05, 0.1) is 0 Å². The van der Waals surface area contributed by atoms with Crippen LogP contribution < -0.4 is 0 Å². The lowest BCUT2D eigenvalue weighted by molar-refractivity contribution is -0.144. The van der Waals surface area contributed by atoms with E-state index in [0.29, 0.717) is 0 Å². The zero-order chi connectivity index (χ0) is 12.4. The van der Waals surface area contributed by atoms with Crippen LogP contribution >= 0.6 is 0 Å². The van der Waals surface area contributed by atoms with E-state index in [9.17, 15) is 4.79 Å². The summed E-state index contributed by atoms with van der Waals surface area (Å²) < 4.78 is 5.16. The Morgan fingerprint density at radius 1 is 1.25 bits per heavy atom. The van der Waals surface area contributed by atoms with Gasteiger partial charge in [-0.05, 0) is 39.7 Å². The van der Waals surface area contributed by atoms with Gasteiger partial charge in [0.25, 0.3) is 0 Å². The average molecular weight is 222 g/mol. The summed E-state index contributed by atoms with van der Waals surface area (Å²) in [7, 11) is 0. The van der Waals surface area contributed by atoms with Gasteiger partial charge in [0.1, 0.15) is 6.10 Å². The molecule has 2 nitrogen and oxygen atoms in total. The summed E-state index contributed by atoms with van der Waals surface area (Å²) in [6.07, 6.45) is 11.7. The number of ether oxygens (including phenoxy) is 1. The summed E-state index contributed by atoms with van der Waals surface area (Å²) in [6, 6.07) is 0. The Morgan fingerprint density at radius 2 is 1.94 bits per heavy atom. The van der Waals surface area contributed by atoms with Crippen LogP contribution in [0.2, 0.25) is 0 Å². The molecule has 1 atom stereocenters. The number of hydrogen-bond donors (Lipinski definition) is 0. The fraction of sp³-hybridized carbons (Fsp3) is 0.500. The molecule has 0 saturated heterocycles. The minimum atomic E-state index is -0.225. The summed E-state index contributed by atoms with van der Waals surface area (Å²) in [6.45, 7) is 7.43. The topological polar surface area (TPSA) is 26.3 Å². The van der Waals surface area contributed by atoms with Crippen LogP contribution in [0.4, 0.5) is 0 Å². The highest BCUT2D eigenvalue weighted by Gasteiger charge is 2.06. The van der Waals surface area contributed by atoms with Gasteiger partial charge in [-0.3, -0.25) is 4.79 Å². The van der Waals surface area contributed by atoms with Gasteiger partial charge in [-0.15, -0.1) is 0 Å². The molecule has 0 aromatic rings. The normalized spacial score (nSPS) is 14.6. The molecule has 16 heavy (non-hydrogen) atoms. The molecule has 1 unspecified atom stereocenters. The minimum Gasteiger partial charge on any atom is -0.458 e. The molecule has 0 heterocycles. The summed E-state index contributed by atoms with van der Waals surface area (Å²) in [4.78, 5) is 10.8. The Hall–Kier alpha value is -1.31. The van der Waals surface area contributed by atoms with Gasteiger partial charge in [-0.1, -0.05) is 29.9 Å². The molecule has 0 aliphatic rings. The van der Waals surface area contributed by atoms with Crippen molar-refractivity contribution in [2.45, 2.75) is 46.6 Å². The summed E-state index contributed by atoms with van der Waals surface area (Å²) >= 11 is 0. The Bertz CT molecular complexity index is 285. The second-order valence-electron chi connectivity index (χ2n) is 3.70. The van der Waals surface area contributed by atoms with Crippen molar-refractivity contribution in [3.8, 4) is 0 Å². The van der Waals surface area contributed by atoms with Gasteiger partial charge >= 0.3 is 5.97 Å². The second kappa shape index (κ2) is 8.96. The maximum absolute atomic E-state index is 10.8. The van der Waals surface area contributed by atoms with Gasteiger partial charge in [0.15, 0.2) is 0 Å². The molecule has 90 valence electrons.